The Balaban J connectivity index is 1.48. The third-order valence-corrected chi connectivity index (χ3v) is 7.38. The summed E-state index contributed by atoms with van der Waals surface area (Å²) in [6.45, 7) is 6.45. The third-order valence-electron chi connectivity index (χ3n) is 7.38. The monoisotopic (exact) mass is 497 g/mol. The van der Waals surface area contributed by atoms with E-state index in [0.29, 0.717) is 18.7 Å². The molecule has 0 bridgehead atoms. The fourth-order valence-corrected chi connectivity index (χ4v) is 5.24. The fraction of sp³-hybridized carbons (Fsp3) is 0.233. The average molecular weight is 498 g/mol. The first kappa shape index (κ1) is 24.3. The quantitative estimate of drug-likeness (QED) is 0.269. The summed E-state index contributed by atoms with van der Waals surface area (Å²) in [5, 5.41) is 26.9. The summed E-state index contributed by atoms with van der Waals surface area (Å²) in [7, 11) is 0. The van der Waals surface area contributed by atoms with Gasteiger partial charge in [-0.1, -0.05) is 42.5 Å². The van der Waals surface area contributed by atoms with Gasteiger partial charge in [-0.15, -0.1) is 0 Å². The Labute approximate surface area is 214 Å². The molecule has 188 valence electrons. The normalized spacial score (nSPS) is 19.7. The van der Waals surface area contributed by atoms with E-state index in [9.17, 15) is 24.6 Å². The van der Waals surface area contributed by atoms with Crippen LogP contribution < -0.4 is 10.1 Å². The van der Waals surface area contributed by atoms with E-state index in [-0.39, 0.29) is 39.5 Å². The van der Waals surface area contributed by atoms with E-state index in [1.54, 1.807) is 13.8 Å². The zero-order valence-corrected chi connectivity index (χ0v) is 21.1. The Morgan fingerprint density at radius 2 is 1.73 bits per heavy atom. The summed E-state index contributed by atoms with van der Waals surface area (Å²) >= 11 is 0. The van der Waals surface area contributed by atoms with Crippen LogP contribution >= 0.6 is 0 Å². The first-order chi connectivity index (χ1) is 17.6. The van der Waals surface area contributed by atoms with Crippen LogP contribution in [-0.2, 0) is 21.4 Å². The van der Waals surface area contributed by atoms with E-state index in [1.165, 1.54) is 19.9 Å². The second-order valence-corrected chi connectivity index (χ2v) is 9.74. The lowest BCUT2D eigenvalue weighted by Crippen LogP contribution is -2.41. The highest BCUT2D eigenvalue weighted by Gasteiger charge is 2.56. The number of ether oxygens (including phenoxy) is 1. The van der Waals surface area contributed by atoms with Crippen molar-refractivity contribution in [2.75, 3.05) is 6.54 Å². The van der Waals surface area contributed by atoms with E-state index in [2.05, 4.69) is 35.6 Å². The smallest absolute Gasteiger partial charge is 0.194 e. The van der Waals surface area contributed by atoms with Crippen LogP contribution in [0.3, 0.4) is 0 Å². The number of carbonyl (C=O) groups is 3. The molecule has 0 aromatic heterocycles. The third kappa shape index (κ3) is 3.61. The van der Waals surface area contributed by atoms with Gasteiger partial charge in [-0.3, -0.25) is 14.4 Å². The number of rotatable bonds is 5. The molecule has 1 aliphatic carbocycles. The lowest BCUT2D eigenvalue weighted by molar-refractivity contribution is -0.123. The lowest BCUT2D eigenvalue weighted by Gasteiger charge is -2.29. The van der Waals surface area contributed by atoms with Crippen LogP contribution in [0, 0.1) is 6.92 Å². The van der Waals surface area contributed by atoms with Crippen LogP contribution in [0.4, 0.5) is 0 Å². The van der Waals surface area contributed by atoms with Crippen molar-refractivity contribution in [3.8, 4) is 17.2 Å². The molecular weight excluding hydrogens is 470 g/mol. The summed E-state index contributed by atoms with van der Waals surface area (Å²) in [5.74, 6) is -2.37. The van der Waals surface area contributed by atoms with Crippen molar-refractivity contribution in [3.63, 3.8) is 0 Å². The first-order valence-electron chi connectivity index (χ1n) is 12.1. The Morgan fingerprint density at radius 1 is 1.03 bits per heavy atom. The predicted molar refractivity (Wildman–Crippen MR) is 139 cm³/mol. The van der Waals surface area contributed by atoms with Gasteiger partial charge in [0.25, 0.3) is 0 Å². The number of phenols is 2. The van der Waals surface area contributed by atoms with E-state index in [0.717, 1.165) is 16.3 Å². The Morgan fingerprint density at radius 3 is 2.43 bits per heavy atom. The minimum absolute atomic E-state index is 0.0213. The Bertz CT molecular complexity index is 1600. The molecule has 1 unspecified atom stereocenters. The maximum absolute atomic E-state index is 13.9. The molecular formula is C30H27NO6. The van der Waals surface area contributed by atoms with Crippen molar-refractivity contribution >= 4 is 28.1 Å². The van der Waals surface area contributed by atoms with Gasteiger partial charge in [-0.2, -0.15) is 0 Å². The van der Waals surface area contributed by atoms with Crippen molar-refractivity contribution in [2.24, 2.45) is 0 Å². The van der Waals surface area contributed by atoms with Gasteiger partial charge in [0.2, 0.25) is 0 Å². The molecule has 0 spiro atoms. The topological polar surface area (TPSA) is 113 Å². The molecule has 3 aromatic carbocycles. The molecule has 3 aromatic rings. The summed E-state index contributed by atoms with van der Waals surface area (Å²) in [5.41, 5.74) is 0.00593. The average Bonchev–Trinajstić information content (AvgIpc) is 3.15. The number of allylic oxidation sites excluding steroid dienone is 4. The zero-order chi connectivity index (χ0) is 26.6. The summed E-state index contributed by atoms with van der Waals surface area (Å²) in [6, 6.07) is 14.3. The number of ketones is 3. The van der Waals surface area contributed by atoms with Crippen LogP contribution in [0.15, 0.2) is 65.6 Å². The molecule has 7 heteroatoms. The minimum atomic E-state index is -1.52. The second-order valence-electron chi connectivity index (χ2n) is 9.74. The summed E-state index contributed by atoms with van der Waals surface area (Å²) < 4.78 is 5.80. The second kappa shape index (κ2) is 8.62. The number of aromatic hydroxyl groups is 2. The van der Waals surface area contributed by atoms with Gasteiger partial charge < -0.3 is 20.3 Å². The largest absolute Gasteiger partial charge is 0.507 e. The standard InChI is InChI=1S/C30H27NO6/c1-15-26(34)24(17(3)32)28-25(27(15)35)30(4)22(37-28)14-21(33)23(29(30)36)16(2)31-12-11-18-9-10-19-7-5-6-8-20(19)13-18/h5-10,13-14,31,34-35H,11-12H2,1-4H3. The highest BCUT2D eigenvalue weighted by molar-refractivity contribution is 6.31. The highest BCUT2D eigenvalue weighted by Crippen LogP contribution is 2.57. The Hall–Kier alpha value is -4.39. The molecule has 2 aliphatic rings. The minimum Gasteiger partial charge on any atom is -0.507 e. The van der Waals surface area contributed by atoms with Gasteiger partial charge >= 0.3 is 0 Å². The van der Waals surface area contributed by atoms with Crippen molar-refractivity contribution < 1.29 is 29.3 Å². The molecule has 1 heterocycles. The first-order valence-corrected chi connectivity index (χ1v) is 12.1. The van der Waals surface area contributed by atoms with E-state index >= 15 is 0 Å². The number of nitrogens with one attached hydrogen (secondary N) is 1. The fourth-order valence-electron chi connectivity index (χ4n) is 5.24. The van der Waals surface area contributed by atoms with Gasteiger partial charge in [0.15, 0.2) is 17.3 Å². The summed E-state index contributed by atoms with van der Waals surface area (Å²) in [4.78, 5) is 39.2. The van der Waals surface area contributed by atoms with Crippen LogP contribution in [0.25, 0.3) is 10.8 Å². The molecule has 0 saturated carbocycles. The van der Waals surface area contributed by atoms with Crippen LogP contribution in [0.1, 0.15) is 47.8 Å². The SMILES string of the molecule is CC(=O)c1c(O)c(C)c(O)c2c1OC1=CC(=O)C(=C(C)NCCc3ccc4ccccc4c3)C(=O)C12C. The molecule has 3 N–H and O–H groups in total. The van der Waals surface area contributed by atoms with Gasteiger partial charge in [-0.05, 0) is 50.5 Å². The number of carbonyl (C=O) groups excluding carboxylic acids is 3. The van der Waals surface area contributed by atoms with Crippen molar-refractivity contribution in [2.45, 2.75) is 39.5 Å². The Kier molecular flexibility index (Phi) is 5.67. The molecule has 0 amide bonds. The van der Waals surface area contributed by atoms with Gasteiger partial charge in [0.1, 0.15) is 34.0 Å². The van der Waals surface area contributed by atoms with Crippen molar-refractivity contribution in [3.05, 3.63) is 87.8 Å². The molecule has 5 rings (SSSR count). The van der Waals surface area contributed by atoms with Crippen molar-refractivity contribution in [1.29, 1.82) is 0 Å². The molecule has 7 nitrogen and oxygen atoms in total. The molecule has 1 aliphatic heterocycles. The maximum Gasteiger partial charge on any atom is 0.194 e. The van der Waals surface area contributed by atoms with Gasteiger partial charge in [0.05, 0.1) is 11.1 Å². The maximum atomic E-state index is 13.9. The van der Waals surface area contributed by atoms with E-state index in [1.807, 2.05) is 12.1 Å². The molecule has 1 atom stereocenters. The molecule has 37 heavy (non-hydrogen) atoms. The van der Waals surface area contributed by atoms with Crippen LogP contribution in [0.2, 0.25) is 0 Å². The van der Waals surface area contributed by atoms with Crippen LogP contribution in [0.5, 0.6) is 17.2 Å². The number of hydrogen-bond donors (Lipinski definition) is 3. The zero-order valence-electron chi connectivity index (χ0n) is 21.1. The number of fused-ring (bicyclic) bond motifs is 4. The van der Waals surface area contributed by atoms with Crippen LogP contribution in [-0.4, -0.2) is 34.1 Å². The number of benzene rings is 3. The molecule has 0 fully saturated rings. The lowest BCUT2D eigenvalue weighted by atomic mass is 9.70. The van der Waals surface area contributed by atoms with Gasteiger partial charge in [0, 0.05) is 23.9 Å². The predicted octanol–water partition coefficient (Wildman–Crippen LogP) is 4.55. The number of Topliss-reactive ketones (excluding diaryl/α,β-unsaturated/α-hetero) is 2. The van der Waals surface area contributed by atoms with Crippen molar-refractivity contribution in [1.82, 2.24) is 5.32 Å². The number of hydrogen-bond acceptors (Lipinski definition) is 7. The highest BCUT2D eigenvalue weighted by atomic mass is 16.5. The van der Waals surface area contributed by atoms with Gasteiger partial charge in [-0.25, -0.2) is 0 Å². The molecule has 0 radical (unpaired) electrons. The van der Waals surface area contributed by atoms with E-state index < -0.39 is 28.5 Å². The number of phenolic OH excluding ortho intramolecular Hbond substituents is 2. The van der Waals surface area contributed by atoms with E-state index in [4.69, 9.17) is 4.74 Å². The summed E-state index contributed by atoms with van der Waals surface area (Å²) in [6.07, 6.45) is 1.91. The molecule has 0 saturated heterocycles.